The molecule has 0 heterocycles. The van der Waals surface area contributed by atoms with Crippen molar-refractivity contribution < 1.29 is 19.0 Å². The molecule has 0 unspecified atom stereocenters. The number of ether oxygens (including phenoxy) is 1. The molecule has 1 N–H and O–H groups in total. The Bertz CT molecular complexity index is 644. The van der Waals surface area contributed by atoms with E-state index in [-0.39, 0.29) is 15.6 Å². The van der Waals surface area contributed by atoms with E-state index in [1.54, 1.807) is 0 Å². The molecule has 0 bridgehead atoms. The molecule has 0 aromatic heterocycles. The first kappa shape index (κ1) is 13.6. The van der Waals surface area contributed by atoms with Crippen molar-refractivity contribution in [3.63, 3.8) is 0 Å². The zero-order valence-electron chi connectivity index (χ0n) is 9.36. The van der Waals surface area contributed by atoms with Crippen molar-refractivity contribution in [1.29, 1.82) is 0 Å². The second-order valence-corrected chi connectivity index (χ2v) is 4.44. The molecular weight excluding hydrogens is 294 g/mol. The lowest BCUT2D eigenvalue weighted by atomic mass is 10.2. The van der Waals surface area contributed by atoms with Crippen LogP contribution < -0.4 is 4.74 Å². The number of benzene rings is 2. The first-order valence-corrected chi connectivity index (χ1v) is 5.88. The average Bonchev–Trinajstić information content (AvgIpc) is 2.33. The van der Waals surface area contributed by atoms with Gasteiger partial charge in [0, 0.05) is 12.1 Å². The normalized spacial score (nSPS) is 10.3. The predicted octanol–water partition coefficient (Wildman–Crippen LogP) is 4.62. The van der Waals surface area contributed by atoms with Crippen LogP contribution >= 0.6 is 23.2 Å². The van der Waals surface area contributed by atoms with Gasteiger partial charge in [0.15, 0.2) is 0 Å². The predicted molar refractivity (Wildman–Crippen MR) is 69.9 cm³/mol. The minimum absolute atomic E-state index is 0.0221. The molecule has 98 valence electrons. The molecule has 0 atom stereocenters. The third kappa shape index (κ3) is 3.16. The fourth-order valence-electron chi connectivity index (χ4n) is 1.41. The third-order valence-corrected chi connectivity index (χ3v) is 2.90. The fourth-order valence-corrected chi connectivity index (χ4v) is 1.83. The Morgan fingerprint density at radius 3 is 2.16 bits per heavy atom. The van der Waals surface area contributed by atoms with Crippen molar-refractivity contribution in [2.24, 2.45) is 0 Å². The summed E-state index contributed by atoms with van der Waals surface area (Å²) in [5.41, 5.74) is -0.0221. The van der Waals surface area contributed by atoms with Gasteiger partial charge in [-0.1, -0.05) is 23.2 Å². The Morgan fingerprint density at radius 1 is 1.05 bits per heavy atom. The monoisotopic (exact) mass is 300 g/mol. The van der Waals surface area contributed by atoms with Gasteiger partial charge >= 0.3 is 5.97 Å². The molecule has 0 aliphatic heterocycles. The first-order chi connectivity index (χ1) is 8.97. The van der Waals surface area contributed by atoms with Gasteiger partial charge in [0.1, 0.15) is 17.3 Å². The summed E-state index contributed by atoms with van der Waals surface area (Å²) in [5, 5.41) is 8.82. The average molecular weight is 301 g/mol. The van der Waals surface area contributed by atoms with E-state index < -0.39 is 11.8 Å². The lowest BCUT2D eigenvalue weighted by Crippen LogP contribution is -1.97. The summed E-state index contributed by atoms with van der Waals surface area (Å²) >= 11 is 11.4. The van der Waals surface area contributed by atoms with Crippen molar-refractivity contribution in [2.75, 3.05) is 0 Å². The van der Waals surface area contributed by atoms with Gasteiger partial charge in [0.05, 0.1) is 15.6 Å². The maximum absolute atomic E-state index is 13.0. The Kier molecular flexibility index (Phi) is 3.93. The summed E-state index contributed by atoms with van der Waals surface area (Å²) in [4.78, 5) is 10.8. The van der Waals surface area contributed by atoms with E-state index in [0.717, 1.165) is 0 Å². The van der Waals surface area contributed by atoms with E-state index in [0.29, 0.717) is 11.5 Å². The van der Waals surface area contributed by atoms with Crippen LogP contribution in [0.4, 0.5) is 4.39 Å². The number of hydrogen-bond acceptors (Lipinski definition) is 2. The molecule has 0 saturated carbocycles. The van der Waals surface area contributed by atoms with Gasteiger partial charge in [-0.05, 0) is 24.3 Å². The minimum atomic E-state index is -1.12. The molecule has 2 rings (SSSR count). The summed E-state index contributed by atoms with van der Waals surface area (Å²) in [6.45, 7) is 0. The minimum Gasteiger partial charge on any atom is -0.478 e. The van der Waals surface area contributed by atoms with Crippen LogP contribution in [-0.2, 0) is 0 Å². The Hall–Kier alpha value is -1.78. The number of halogens is 3. The standard InChI is InChI=1S/C13H7Cl2FO3/c14-10-5-7(1-3-9(10)13(17)18)19-8-2-4-12(16)11(15)6-8/h1-6H,(H,17,18). The molecule has 0 aliphatic carbocycles. The van der Waals surface area contributed by atoms with Crippen LogP contribution in [0.15, 0.2) is 36.4 Å². The summed E-state index contributed by atoms with van der Waals surface area (Å²) in [7, 11) is 0. The van der Waals surface area contributed by atoms with Crippen LogP contribution in [0.3, 0.4) is 0 Å². The van der Waals surface area contributed by atoms with Gasteiger partial charge in [-0.15, -0.1) is 0 Å². The highest BCUT2D eigenvalue weighted by Crippen LogP contribution is 2.29. The molecule has 0 fully saturated rings. The lowest BCUT2D eigenvalue weighted by Gasteiger charge is -2.07. The van der Waals surface area contributed by atoms with Gasteiger partial charge in [-0.25, -0.2) is 9.18 Å². The second-order valence-electron chi connectivity index (χ2n) is 3.62. The van der Waals surface area contributed by atoms with Crippen molar-refractivity contribution in [3.8, 4) is 11.5 Å². The van der Waals surface area contributed by atoms with Gasteiger partial charge in [0.2, 0.25) is 0 Å². The molecule has 6 heteroatoms. The van der Waals surface area contributed by atoms with Crippen LogP contribution in [0, 0.1) is 5.82 Å². The van der Waals surface area contributed by atoms with Crippen LogP contribution in [-0.4, -0.2) is 11.1 Å². The summed E-state index contributed by atoms with van der Waals surface area (Å²) in [6, 6.07) is 8.03. The van der Waals surface area contributed by atoms with E-state index in [1.807, 2.05) is 0 Å². The zero-order chi connectivity index (χ0) is 14.0. The molecule has 0 aliphatic rings. The summed E-state index contributed by atoms with van der Waals surface area (Å²) < 4.78 is 18.4. The third-order valence-electron chi connectivity index (χ3n) is 2.30. The maximum Gasteiger partial charge on any atom is 0.337 e. The van der Waals surface area contributed by atoms with E-state index in [4.69, 9.17) is 33.0 Å². The Balaban J connectivity index is 2.26. The Morgan fingerprint density at radius 2 is 1.63 bits per heavy atom. The summed E-state index contributed by atoms with van der Waals surface area (Å²) in [5.74, 6) is -1.02. The van der Waals surface area contributed by atoms with Crippen LogP contribution in [0.5, 0.6) is 11.5 Å². The van der Waals surface area contributed by atoms with Crippen LogP contribution in [0.1, 0.15) is 10.4 Å². The molecule has 19 heavy (non-hydrogen) atoms. The lowest BCUT2D eigenvalue weighted by molar-refractivity contribution is 0.0697. The van der Waals surface area contributed by atoms with Gasteiger partial charge in [-0.2, -0.15) is 0 Å². The number of hydrogen-bond donors (Lipinski definition) is 1. The number of aromatic carboxylic acids is 1. The van der Waals surface area contributed by atoms with Gasteiger partial charge in [-0.3, -0.25) is 0 Å². The number of carbonyl (C=O) groups is 1. The Labute approximate surface area is 118 Å². The first-order valence-electron chi connectivity index (χ1n) is 5.13. The van der Waals surface area contributed by atoms with E-state index in [1.165, 1.54) is 36.4 Å². The highest BCUT2D eigenvalue weighted by molar-refractivity contribution is 6.33. The van der Waals surface area contributed by atoms with Crippen molar-refractivity contribution in [3.05, 3.63) is 57.8 Å². The van der Waals surface area contributed by atoms with E-state index in [2.05, 4.69) is 0 Å². The highest BCUT2D eigenvalue weighted by atomic mass is 35.5. The largest absolute Gasteiger partial charge is 0.478 e. The molecule has 3 nitrogen and oxygen atoms in total. The second kappa shape index (κ2) is 5.47. The van der Waals surface area contributed by atoms with Gasteiger partial charge in [0.25, 0.3) is 0 Å². The number of carboxylic acids is 1. The molecule has 2 aromatic carbocycles. The quantitative estimate of drug-likeness (QED) is 0.899. The number of rotatable bonds is 3. The van der Waals surface area contributed by atoms with Crippen LogP contribution in [0.25, 0.3) is 0 Å². The van der Waals surface area contributed by atoms with Crippen molar-refractivity contribution in [1.82, 2.24) is 0 Å². The topological polar surface area (TPSA) is 46.5 Å². The van der Waals surface area contributed by atoms with Gasteiger partial charge < -0.3 is 9.84 Å². The fraction of sp³-hybridized carbons (Fsp3) is 0. The zero-order valence-corrected chi connectivity index (χ0v) is 10.9. The molecule has 0 spiro atoms. The maximum atomic E-state index is 13.0. The number of carboxylic acid groups (broad SMARTS) is 1. The molecule has 0 amide bonds. The smallest absolute Gasteiger partial charge is 0.337 e. The molecule has 0 saturated heterocycles. The molecule has 0 radical (unpaired) electrons. The van der Waals surface area contributed by atoms with Crippen LogP contribution in [0.2, 0.25) is 10.0 Å². The summed E-state index contributed by atoms with van der Waals surface area (Å²) in [6.07, 6.45) is 0. The molecule has 2 aromatic rings. The highest BCUT2D eigenvalue weighted by Gasteiger charge is 2.10. The van der Waals surface area contributed by atoms with E-state index in [9.17, 15) is 9.18 Å². The SMILES string of the molecule is O=C(O)c1ccc(Oc2ccc(F)c(Cl)c2)cc1Cl. The van der Waals surface area contributed by atoms with Crippen molar-refractivity contribution in [2.45, 2.75) is 0 Å². The van der Waals surface area contributed by atoms with Crippen molar-refractivity contribution >= 4 is 29.2 Å². The molecular formula is C13H7Cl2FO3. The van der Waals surface area contributed by atoms with E-state index >= 15 is 0 Å².